The Morgan fingerprint density at radius 1 is 0.667 bits per heavy atom. The van der Waals surface area contributed by atoms with Crippen molar-refractivity contribution < 1.29 is 24.3 Å². The van der Waals surface area contributed by atoms with Crippen molar-refractivity contribution in [3.63, 3.8) is 0 Å². The van der Waals surface area contributed by atoms with Crippen LogP contribution in [0.3, 0.4) is 0 Å². The molecule has 0 aromatic carbocycles. The first-order valence-corrected chi connectivity index (χ1v) is 17.7. The van der Waals surface area contributed by atoms with Crippen molar-refractivity contribution >= 4 is 34.7 Å². The number of aromatic carboxylic acids is 1. The van der Waals surface area contributed by atoms with Gasteiger partial charge in [0.2, 0.25) is 0 Å². The summed E-state index contributed by atoms with van der Waals surface area (Å²) in [7, 11) is 0. The number of carboxylic acids is 1. The first-order chi connectivity index (χ1) is 20.7. The fourth-order valence-corrected chi connectivity index (χ4v) is 4.86. The maximum Gasteiger partial charge on any atom is 0.345 e. The maximum absolute atomic E-state index is 10.8. The van der Waals surface area contributed by atoms with E-state index in [4.69, 9.17) is 5.11 Å². The number of hydrogen-bond donors (Lipinski definition) is 2. The van der Waals surface area contributed by atoms with Crippen molar-refractivity contribution in [2.24, 2.45) is 17.8 Å². The van der Waals surface area contributed by atoms with Crippen LogP contribution >= 0.6 is 11.3 Å². The quantitative estimate of drug-likeness (QED) is 0.312. The van der Waals surface area contributed by atoms with Crippen LogP contribution in [0.1, 0.15) is 165 Å². The van der Waals surface area contributed by atoms with Gasteiger partial charge >= 0.3 is 5.97 Å². The Morgan fingerprint density at radius 2 is 1.11 bits per heavy atom. The fourth-order valence-electron chi connectivity index (χ4n) is 4.30. The number of thiophene rings is 1. The minimum absolute atomic E-state index is 0. The number of rotatable bonds is 4. The van der Waals surface area contributed by atoms with Gasteiger partial charge in [-0.15, -0.1) is 11.3 Å². The molecule has 1 atom stereocenters. The van der Waals surface area contributed by atoms with Gasteiger partial charge in [-0.05, 0) is 90.3 Å². The van der Waals surface area contributed by atoms with Crippen LogP contribution in [0.25, 0.3) is 0 Å². The van der Waals surface area contributed by atoms with E-state index in [1.54, 1.807) is 38.3 Å². The minimum Gasteiger partial charge on any atom is -0.477 e. The molecule has 0 radical (unpaired) electrons. The van der Waals surface area contributed by atoms with Crippen molar-refractivity contribution in [3.8, 4) is 0 Å². The van der Waals surface area contributed by atoms with E-state index in [1.807, 2.05) is 55.4 Å². The molecular formula is C38H75NO5S. The third kappa shape index (κ3) is 33.1. The number of hydrogen-bond acceptors (Lipinski definition) is 6. The third-order valence-electron chi connectivity index (χ3n) is 6.67. The van der Waals surface area contributed by atoms with Gasteiger partial charge in [-0.1, -0.05) is 108 Å². The van der Waals surface area contributed by atoms with E-state index in [0.29, 0.717) is 40.0 Å². The molecule has 268 valence electrons. The summed E-state index contributed by atoms with van der Waals surface area (Å²) in [6.45, 7) is 23.1. The molecule has 0 amide bonds. The highest BCUT2D eigenvalue weighted by Crippen LogP contribution is 2.23. The monoisotopic (exact) mass is 658 g/mol. The van der Waals surface area contributed by atoms with Gasteiger partial charge in [-0.3, -0.25) is 14.4 Å². The number of carbonyl (C=O) groups is 4. The molecule has 7 heteroatoms. The van der Waals surface area contributed by atoms with Gasteiger partial charge in [-0.25, -0.2) is 4.79 Å². The summed E-state index contributed by atoms with van der Waals surface area (Å²) in [4.78, 5) is 42.8. The summed E-state index contributed by atoms with van der Waals surface area (Å²) in [5.74, 6) is 1.35. The molecule has 1 saturated heterocycles. The standard InChI is InChI=1S/C8H14O.C8H12O.C7H13NO.C5H4O2S.4C2H6.2CH4/c2*1-7(9)8-5-3-2-4-6-8;1-6(9)7-2-4-8-5-3-7;6-5(7)4-2-1-3-8-4;4*1-2;;/h8H,2-6H2,1H3;2-3,8H,4-6H2,1H3;7-8H,2-5H2,1H3;1-3H,(H,6,7);4*1-2H3;2*1H4. The number of piperidine rings is 1. The highest BCUT2D eigenvalue weighted by molar-refractivity contribution is 7.11. The minimum atomic E-state index is -0.847. The summed E-state index contributed by atoms with van der Waals surface area (Å²) >= 11 is 1.23. The Labute approximate surface area is 284 Å². The molecule has 0 spiro atoms. The van der Waals surface area contributed by atoms with E-state index in [9.17, 15) is 19.2 Å². The lowest BCUT2D eigenvalue weighted by Gasteiger charge is -2.19. The van der Waals surface area contributed by atoms with Crippen molar-refractivity contribution in [2.75, 3.05) is 13.1 Å². The lowest BCUT2D eigenvalue weighted by atomic mass is 9.87. The highest BCUT2D eigenvalue weighted by atomic mass is 32.1. The molecule has 2 N–H and O–H groups in total. The number of carbonyl (C=O) groups excluding carboxylic acids is 3. The van der Waals surface area contributed by atoms with Crippen LogP contribution in [-0.4, -0.2) is 41.5 Å². The van der Waals surface area contributed by atoms with Crippen LogP contribution in [0.5, 0.6) is 0 Å². The zero-order valence-corrected chi connectivity index (χ0v) is 30.4. The predicted molar refractivity (Wildman–Crippen MR) is 201 cm³/mol. The van der Waals surface area contributed by atoms with E-state index in [-0.39, 0.29) is 14.9 Å². The molecule has 1 aliphatic heterocycles. The normalized spacial score (nSPS) is 16.1. The first kappa shape index (κ1) is 55.3. The second-order valence-electron chi connectivity index (χ2n) is 9.45. The number of allylic oxidation sites excluding steroid dienone is 2. The van der Waals surface area contributed by atoms with E-state index in [0.717, 1.165) is 58.0 Å². The summed E-state index contributed by atoms with van der Waals surface area (Å²) < 4.78 is 0. The van der Waals surface area contributed by atoms with Crippen molar-refractivity contribution in [1.82, 2.24) is 5.32 Å². The molecule has 1 aromatic heterocycles. The Morgan fingerprint density at radius 3 is 1.36 bits per heavy atom. The molecule has 0 bridgehead atoms. The molecular weight excluding hydrogens is 582 g/mol. The zero-order chi connectivity index (χ0) is 34.1. The number of ketones is 3. The smallest absolute Gasteiger partial charge is 0.345 e. The van der Waals surface area contributed by atoms with Crippen molar-refractivity contribution in [2.45, 2.75) is 155 Å². The number of nitrogens with one attached hydrogen (secondary N) is 1. The Hall–Kier alpha value is -2.12. The van der Waals surface area contributed by atoms with E-state index < -0.39 is 5.97 Å². The second-order valence-corrected chi connectivity index (χ2v) is 10.4. The van der Waals surface area contributed by atoms with Gasteiger partial charge in [0.25, 0.3) is 0 Å². The van der Waals surface area contributed by atoms with Gasteiger partial charge in [0.05, 0.1) is 0 Å². The number of Topliss-reactive ketones (excluding diaryl/α,β-unsaturated/α-hetero) is 3. The van der Waals surface area contributed by atoms with Gasteiger partial charge in [0.15, 0.2) is 0 Å². The zero-order valence-electron chi connectivity index (χ0n) is 29.6. The van der Waals surface area contributed by atoms with Crippen LogP contribution in [0, 0.1) is 17.8 Å². The molecule has 1 aromatic rings. The topological polar surface area (TPSA) is 101 Å². The molecule has 1 unspecified atom stereocenters. The largest absolute Gasteiger partial charge is 0.477 e. The van der Waals surface area contributed by atoms with Gasteiger partial charge in [0.1, 0.15) is 22.2 Å². The molecule has 4 rings (SSSR count). The predicted octanol–water partition coefficient (Wildman–Crippen LogP) is 11.5. The SMILES string of the molecule is C.C.CC.CC.CC.CC.CC(=O)C1CC=CCC1.CC(=O)C1CCCCC1.CC(=O)C1CCNCC1.O=C(O)c1cccs1. The molecule has 3 aliphatic rings. The van der Waals surface area contributed by atoms with Crippen molar-refractivity contribution in [3.05, 3.63) is 34.5 Å². The average molecular weight is 658 g/mol. The van der Waals surface area contributed by atoms with Crippen LogP contribution in [0.4, 0.5) is 0 Å². The summed E-state index contributed by atoms with van der Waals surface area (Å²) in [5.41, 5.74) is 0. The van der Waals surface area contributed by atoms with E-state index in [1.165, 1.54) is 30.6 Å². The second kappa shape index (κ2) is 41.9. The number of carboxylic acid groups (broad SMARTS) is 1. The van der Waals surface area contributed by atoms with E-state index in [2.05, 4.69) is 17.5 Å². The highest BCUT2D eigenvalue weighted by Gasteiger charge is 2.17. The molecule has 2 fully saturated rings. The lowest BCUT2D eigenvalue weighted by molar-refractivity contribution is -0.122. The molecule has 45 heavy (non-hydrogen) atoms. The van der Waals surface area contributed by atoms with Crippen molar-refractivity contribution in [1.29, 1.82) is 0 Å². The van der Waals surface area contributed by atoms with E-state index >= 15 is 0 Å². The fraction of sp³-hybridized carbons (Fsp3) is 0.737. The van der Waals surface area contributed by atoms with Crippen LogP contribution in [-0.2, 0) is 14.4 Å². The van der Waals surface area contributed by atoms with Gasteiger partial charge in [-0.2, -0.15) is 0 Å². The Kier molecular flexibility index (Phi) is 51.5. The summed E-state index contributed by atoms with van der Waals surface area (Å²) in [6.07, 6.45) is 15.6. The summed E-state index contributed by atoms with van der Waals surface area (Å²) in [6, 6.07) is 3.29. The molecule has 2 aliphatic carbocycles. The van der Waals surface area contributed by atoms with Gasteiger partial charge in [0, 0.05) is 17.8 Å². The van der Waals surface area contributed by atoms with Crippen LogP contribution in [0.15, 0.2) is 29.7 Å². The van der Waals surface area contributed by atoms with Crippen LogP contribution < -0.4 is 5.32 Å². The first-order valence-electron chi connectivity index (χ1n) is 16.9. The Balaban J connectivity index is -0.000000103. The van der Waals surface area contributed by atoms with Gasteiger partial charge < -0.3 is 10.4 Å². The molecule has 1 saturated carbocycles. The third-order valence-corrected chi connectivity index (χ3v) is 7.53. The molecule has 6 nitrogen and oxygen atoms in total. The summed E-state index contributed by atoms with van der Waals surface area (Å²) in [5, 5.41) is 13.2. The van der Waals surface area contributed by atoms with Crippen LogP contribution in [0.2, 0.25) is 0 Å². The molecule has 2 heterocycles. The average Bonchev–Trinajstić information content (AvgIpc) is 3.63. The maximum atomic E-state index is 10.8. The Bertz CT molecular complexity index is 765. The lowest BCUT2D eigenvalue weighted by Crippen LogP contribution is -2.30.